The van der Waals surface area contributed by atoms with Crippen LogP contribution in [0.5, 0.6) is 5.75 Å². The minimum absolute atomic E-state index is 0.0349. The van der Waals surface area contributed by atoms with Crippen molar-refractivity contribution in [1.82, 2.24) is 5.32 Å². The fourth-order valence-corrected chi connectivity index (χ4v) is 1.55. The van der Waals surface area contributed by atoms with E-state index < -0.39 is 0 Å². The second-order valence-electron chi connectivity index (χ2n) is 4.50. The van der Waals surface area contributed by atoms with Gasteiger partial charge in [0.05, 0.1) is 13.2 Å². The van der Waals surface area contributed by atoms with E-state index in [9.17, 15) is 4.79 Å². The SMILES string of the molecule is CCOc1ccc(NC(=O)CNC(C)C)cc1C. The van der Waals surface area contributed by atoms with Gasteiger partial charge in [0.25, 0.3) is 0 Å². The summed E-state index contributed by atoms with van der Waals surface area (Å²) in [6, 6.07) is 5.95. The molecular weight excluding hydrogens is 228 g/mol. The highest BCUT2D eigenvalue weighted by atomic mass is 16.5. The van der Waals surface area contributed by atoms with Crippen LogP contribution in [0.15, 0.2) is 18.2 Å². The summed E-state index contributed by atoms with van der Waals surface area (Å²) in [7, 11) is 0. The first kappa shape index (κ1) is 14.5. The van der Waals surface area contributed by atoms with Gasteiger partial charge in [0.2, 0.25) is 5.91 Å². The Kier molecular flexibility index (Phi) is 5.65. The lowest BCUT2D eigenvalue weighted by Crippen LogP contribution is -2.32. The third kappa shape index (κ3) is 4.75. The first-order chi connectivity index (χ1) is 8.52. The summed E-state index contributed by atoms with van der Waals surface area (Å²) in [6.07, 6.45) is 0. The van der Waals surface area contributed by atoms with Gasteiger partial charge in [-0.1, -0.05) is 13.8 Å². The third-order valence-corrected chi connectivity index (χ3v) is 2.43. The zero-order valence-corrected chi connectivity index (χ0v) is 11.5. The predicted octanol–water partition coefficient (Wildman–Crippen LogP) is 2.33. The Hall–Kier alpha value is -1.55. The summed E-state index contributed by atoms with van der Waals surface area (Å²) in [5.41, 5.74) is 1.82. The van der Waals surface area contributed by atoms with E-state index >= 15 is 0 Å². The Morgan fingerprint density at radius 2 is 2.11 bits per heavy atom. The molecule has 0 aliphatic carbocycles. The largest absolute Gasteiger partial charge is 0.494 e. The second kappa shape index (κ2) is 7.01. The van der Waals surface area contributed by atoms with Gasteiger partial charge in [-0.3, -0.25) is 4.79 Å². The molecule has 100 valence electrons. The average Bonchev–Trinajstić information content (AvgIpc) is 2.30. The van der Waals surface area contributed by atoms with Gasteiger partial charge in [-0.25, -0.2) is 0 Å². The summed E-state index contributed by atoms with van der Waals surface area (Å²) in [5, 5.41) is 5.93. The highest BCUT2D eigenvalue weighted by Crippen LogP contribution is 2.21. The Bertz CT molecular complexity index is 403. The van der Waals surface area contributed by atoms with Crippen molar-refractivity contribution in [2.75, 3.05) is 18.5 Å². The van der Waals surface area contributed by atoms with E-state index in [2.05, 4.69) is 10.6 Å². The number of aryl methyl sites for hydroxylation is 1. The highest BCUT2D eigenvalue weighted by molar-refractivity contribution is 5.92. The number of nitrogens with one attached hydrogen (secondary N) is 2. The van der Waals surface area contributed by atoms with Crippen molar-refractivity contribution in [3.8, 4) is 5.75 Å². The zero-order chi connectivity index (χ0) is 13.5. The average molecular weight is 250 g/mol. The van der Waals surface area contributed by atoms with Crippen LogP contribution in [-0.4, -0.2) is 25.1 Å². The first-order valence-corrected chi connectivity index (χ1v) is 6.29. The predicted molar refractivity (Wildman–Crippen MR) is 74.1 cm³/mol. The number of anilines is 1. The number of amides is 1. The van der Waals surface area contributed by atoms with Crippen molar-refractivity contribution in [3.05, 3.63) is 23.8 Å². The molecule has 0 radical (unpaired) electrons. The van der Waals surface area contributed by atoms with Crippen LogP contribution in [0.4, 0.5) is 5.69 Å². The Morgan fingerprint density at radius 1 is 1.39 bits per heavy atom. The number of hydrogen-bond acceptors (Lipinski definition) is 3. The fraction of sp³-hybridized carbons (Fsp3) is 0.500. The Morgan fingerprint density at radius 3 is 2.67 bits per heavy atom. The summed E-state index contributed by atoms with van der Waals surface area (Å²) >= 11 is 0. The highest BCUT2D eigenvalue weighted by Gasteiger charge is 2.05. The van der Waals surface area contributed by atoms with E-state index in [1.165, 1.54) is 0 Å². The van der Waals surface area contributed by atoms with Gasteiger partial charge >= 0.3 is 0 Å². The van der Waals surface area contributed by atoms with E-state index in [1.807, 2.05) is 45.9 Å². The molecule has 0 aromatic heterocycles. The van der Waals surface area contributed by atoms with Crippen molar-refractivity contribution >= 4 is 11.6 Å². The first-order valence-electron chi connectivity index (χ1n) is 6.29. The molecule has 0 fully saturated rings. The van der Waals surface area contributed by atoms with E-state index in [4.69, 9.17) is 4.74 Å². The van der Waals surface area contributed by atoms with Crippen LogP contribution in [-0.2, 0) is 4.79 Å². The van der Waals surface area contributed by atoms with Crippen LogP contribution in [0.3, 0.4) is 0 Å². The van der Waals surface area contributed by atoms with E-state index in [1.54, 1.807) is 0 Å². The van der Waals surface area contributed by atoms with Crippen LogP contribution in [0, 0.1) is 6.92 Å². The van der Waals surface area contributed by atoms with Gasteiger partial charge in [0.15, 0.2) is 0 Å². The second-order valence-corrected chi connectivity index (χ2v) is 4.50. The number of hydrogen-bond donors (Lipinski definition) is 2. The van der Waals surface area contributed by atoms with Gasteiger partial charge < -0.3 is 15.4 Å². The van der Waals surface area contributed by atoms with Crippen molar-refractivity contribution < 1.29 is 9.53 Å². The van der Waals surface area contributed by atoms with Crippen molar-refractivity contribution in [3.63, 3.8) is 0 Å². The summed E-state index contributed by atoms with van der Waals surface area (Å²) in [5.74, 6) is 0.822. The molecule has 0 atom stereocenters. The lowest BCUT2D eigenvalue weighted by molar-refractivity contribution is -0.115. The molecule has 0 bridgehead atoms. The van der Waals surface area contributed by atoms with E-state index in [-0.39, 0.29) is 5.91 Å². The van der Waals surface area contributed by atoms with Gasteiger partial charge in [-0.15, -0.1) is 0 Å². The molecule has 0 saturated carbocycles. The molecule has 0 aliphatic rings. The molecule has 0 spiro atoms. The molecule has 1 aromatic carbocycles. The van der Waals surface area contributed by atoms with Crippen LogP contribution in [0.25, 0.3) is 0 Å². The maximum Gasteiger partial charge on any atom is 0.238 e. The Balaban J connectivity index is 2.57. The summed E-state index contributed by atoms with van der Waals surface area (Å²) < 4.78 is 5.45. The topological polar surface area (TPSA) is 50.4 Å². The molecular formula is C14H22N2O2. The van der Waals surface area contributed by atoms with Crippen molar-refractivity contribution in [1.29, 1.82) is 0 Å². The number of benzene rings is 1. The van der Waals surface area contributed by atoms with Crippen molar-refractivity contribution in [2.24, 2.45) is 0 Å². The van der Waals surface area contributed by atoms with Crippen LogP contribution in [0.1, 0.15) is 26.3 Å². The molecule has 2 N–H and O–H groups in total. The van der Waals surface area contributed by atoms with Crippen LogP contribution in [0.2, 0.25) is 0 Å². The molecule has 4 nitrogen and oxygen atoms in total. The van der Waals surface area contributed by atoms with E-state index in [0.29, 0.717) is 19.2 Å². The van der Waals surface area contributed by atoms with E-state index in [0.717, 1.165) is 17.0 Å². The van der Waals surface area contributed by atoms with Crippen molar-refractivity contribution in [2.45, 2.75) is 33.7 Å². The monoisotopic (exact) mass is 250 g/mol. The number of carbonyl (C=O) groups excluding carboxylic acids is 1. The van der Waals surface area contributed by atoms with Gasteiger partial charge in [0.1, 0.15) is 5.75 Å². The van der Waals surface area contributed by atoms with Crippen LogP contribution < -0.4 is 15.4 Å². The number of rotatable bonds is 6. The van der Waals surface area contributed by atoms with Gasteiger partial charge in [-0.05, 0) is 37.6 Å². The third-order valence-electron chi connectivity index (χ3n) is 2.43. The molecule has 1 amide bonds. The fourth-order valence-electron chi connectivity index (χ4n) is 1.55. The molecule has 4 heteroatoms. The maximum absolute atomic E-state index is 11.6. The normalized spacial score (nSPS) is 10.5. The maximum atomic E-state index is 11.6. The summed E-state index contributed by atoms with van der Waals surface area (Å²) in [4.78, 5) is 11.6. The van der Waals surface area contributed by atoms with Gasteiger partial charge in [0, 0.05) is 11.7 Å². The minimum atomic E-state index is -0.0349. The Labute approximate surface area is 109 Å². The molecule has 0 saturated heterocycles. The lowest BCUT2D eigenvalue weighted by atomic mass is 10.2. The van der Waals surface area contributed by atoms with Crippen LogP contribution >= 0.6 is 0 Å². The molecule has 0 aliphatic heterocycles. The smallest absolute Gasteiger partial charge is 0.238 e. The lowest BCUT2D eigenvalue weighted by Gasteiger charge is -2.11. The summed E-state index contributed by atoms with van der Waals surface area (Å²) in [6.45, 7) is 8.90. The zero-order valence-electron chi connectivity index (χ0n) is 11.5. The standard InChI is InChI=1S/C14H22N2O2/c1-5-18-13-7-6-12(8-11(13)4)16-14(17)9-15-10(2)3/h6-8,10,15H,5,9H2,1-4H3,(H,16,17). The number of carbonyl (C=O) groups is 1. The molecule has 1 rings (SSSR count). The molecule has 1 aromatic rings. The molecule has 18 heavy (non-hydrogen) atoms. The molecule has 0 heterocycles. The minimum Gasteiger partial charge on any atom is -0.494 e. The molecule has 0 unspecified atom stereocenters. The van der Waals surface area contributed by atoms with Gasteiger partial charge in [-0.2, -0.15) is 0 Å². The quantitative estimate of drug-likeness (QED) is 0.814. The number of ether oxygens (including phenoxy) is 1.